The monoisotopic (exact) mass is 266 g/mol. The standard InChI is InChI=1S/C14H16F2N2O/c1-2-6-17-7-5-14-18-9-13(19-14)11-4-3-10(15)8-12(11)16/h3-4,8-9,17H,2,5-7H2,1H3. The van der Waals surface area contributed by atoms with E-state index in [1.54, 1.807) is 0 Å². The number of halogens is 2. The molecule has 5 heteroatoms. The largest absolute Gasteiger partial charge is 0.441 e. The zero-order valence-corrected chi connectivity index (χ0v) is 10.7. The predicted molar refractivity (Wildman–Crippen MR) is 68.7 cm³/mol. The van der Waals surface area contributed by atoms with Gasteiger partial charge in [-0.05, 0) is 25.1 Å². The Labute approximate surface area is 110 Å². The van der Waals surface area contributed by atoms with Crippen LogP contribution in [0.1, 0.15) is 19.2 Å². The maximum Gasteiger partial charge on any atom is 0.196 e. The first kappa shape index (κ1) is 13.7. The van der Waals surface area contributed by atoms with Gasteiger partial charge in [0.05, 0.1) is 11.8 Å². The summed E-state index contributed by atoms with van der Waals surface area (Å²) in [6.45, 7) is 3.80. The molecule has 0 atom stereocenters. The lowest BCUT2D eigenvalue weighted by Crippen LogP contribution is -2.17. The van der Waals surface area contributed by atoms with Crippen molar-refractivity contribution in [1.82, 2.24) is 10.3 Å². The molecule has 0 amide bonds. The second-order valence-electron chi connectivity index (χ2n) is 4.24. The first-order valence-corrected chi connectivity index (χ1v) is 6.31. The summed E-state index contributed by atoms with van der Waals surface area (Å²) in [7, 11) is 0. The van der Waals surface area contributed by atoms with Gasteiger partial charge in [-0.1, -0.05) is 6.92 Å². The van der Waals surface area contributed by atoms with E-state index in [9.17, 15) is 8.78 Å². The van der Waals surface area contributed by atoms with Crippen LogP contribution in [0.3, 0.4) is 0 Å². The van der Waals surface area contributed by atoms with Crippen LogP contribution in [0.2, 0.25) is 0 Å². The van der Waals surface area contributed by atoms with Crippen molar-refractivity contribution < 1.29 is 13.2 Å². The molecule has 0 aliphatic heterocycles. The highest BCUT2D eigenvalue weighted by Gasteiger charge is 2.11. The Morgan fingerprint density at radius 3 is 2.84 bits per heavy atom. The third kappa shape index (κ3) is 3.61. The van der Waals surface area contributed by atoms with Gasteiger partial charge in [-0.2, -0.15) is 0 Å². The molecule has 0 fully saturated rings. The van der Waals surface area contributed by atoms with E-state index in [0.29, 0.717) is 18.1 Å². The summed E-state index contributed by atoms with van der Waals surface area (Å²) in [4.78, 5) is 4.09. The average Bonchev–Trinajstić information content (AvgIpc) is 2.83. The van der Waals surface area contributed by atoms with Crippen molar-refractivity contribution >= 4 is 0 Å². The molecular weight excluding hydrogens is 250 g/mol. The molecule has 2 rings (SSSR count). The number of oxazole rings is 1. The van der Waals surface area contributed by atoms with Crippen LogP contribution in [0.15, 0.2) is 28.8 Å². The van der Waals surface area contributed by atoms with Gasteiger partial charge < -0.3 is 9.73 Å². The van der Waals surface area contributed by atoms with E-state index in [0.717, 1.165) is 25.6 Å². The molecule has 0 unspecified atom stereocenters. The Balaban J connectivity index is 2.04. The summed E-state index contributed by atoms with van der Waals surface area (Å²) in [5.74, 6) is -0.387. The zero-order chi connectivity index (χ0) is 13.7. The number of benzene rings is 1. The number of rotatable bonds is 6. The maximum atomic E-state index is 13.6. The van der Waals surface area contributed by atoms with Crippen LogP contribution >= 0.6 is 0 Å². The SMILES string of the molecule is CCCNCCc1ncc(-c2ccc(F)cc2F)o1. The van der Waals surface area contributed by atoms with E-state index in [1.807, 2.05) is 0 Å². The van der Waals surface area contributed by atoms with Crippen molar-refractivity contribution in [3.05, 3.63) is 41.9 Å². The molecule has 1 aromatic heterocycles. The van der Waals surface area contributed by atoms with Gasteiger partial charge in [-0.15, -0.1) is 0 Å². The van der Waals surface area contributed by atoms with Gasteiger partial charge in [-0.3, -0.25) is 0 Å². The Morgan fingerprint density at radius 2 is 2.11 bits per heavy atom. The van der Waals surface area contributed by atoms with Crippen LogP contribution in [-0.4, -0.2) is 18.1 Å². The first-order valence-electron chi connectivity index (χ1n) is 6.31. The fourth-order valence-electron chi connectivity index (χ4n) is 1.74. The van der Waals surface area contributed by atoms with Crippen molar-refractivity contribution in [3.8, 4) is 11.3 Å². The topological polar surface area (TPSA) is 38.1 Å². The van der Waals surface area contributed by atoms with Crippen molar-refractivity contribution in [3.63, 3.8) is 0 Å². The lowest BCUT2D eigenvalue weighted by Gasteiger charge is -2.00. The quantitative estimate of drug-likeness (QED) is 0.816. The Hall–Kier alpha value is -1.75. The highest BCUT2D eigenvalue weighted by molar-refractivity contribution is 5.57. The molecule has 0 spiro atoms. The molecule has 0 aliphatic carbocycles. The van der Waals surface area contributed by atoms with Crippen LogP contribution in [-0.2, 0) is 6.42 Å². The fourth-order valence-corrected chi connectivity index (χ4v) is 1.74. The molecule has 0 saturated carbocycles. The highest BCUT2D eigenvalue weighted by atomic mass is 19.1. The van der Waals surface area contributed by atoms with E-state index < -0.39 is 11.6 Å². The van der Waals surface area contributed by atoms with Gasteiger partial charge in [0.1, 0.15) is 11.6 Å². The summed E-state index contributed by atoms with van der Waals surface area (Å²) in [5.41, 5.74) is 0.224. The lowest BCUT2D eigenvalue weighted by molar-refractivity contribution is 0.491. The molecule has 1 heterocycles. The van der Waals surface area contributed by atoms with Gasteiger partial charge in [0, 0.05) is 19.0 Å². The minimum atomic E-state index is -0.646. The van der Waals surface area contributed by atoms with Crippen LogP contribution in [0.5, 0.6) is 0 Å². The van der Waals surface area contributed by atoms with Gasteiger partial charge in [0.25, 0.3) is 0 Å². The molecule has 0 saturated heterocycles. The third-order valence-electron chi connectivity index (χ3n) is 2.69. The van der Waals surface area contributed by atoms with Crippen molar-refractivity contribution in [2.45, 2.75) is 19.8 Å². The van der Waals surface area contributed by atoms with Crippen LogP contribution in [0, 0.1) is 11.6 Å². The van der Waals surface area contributed by atoms with E-state index in [-0.39, 0.29) is 5.56 Å². The molecule has 3 nitrogen and oxygen atoms in total. The summed E-state index contributed by atoms with van der Waals surface area (Å²) in [6, 6.07) is 3.38. The fraction of sp³-hybridized carbons (Fsp3) is 0.357. The molecule has 0 aliphatic rings. The number of hydrogen-bond donors (Lipinski definition) is 1. The van der Waals surface area contributed by atoms with Crippen molar-refractivity contribution in [2.75, 3.05) is 13.1 Å². The van der Waals surface area contributed by atoms with Crippen LogP contribution < -0.4 is 5.32 Å². The number of aromatic nitrogens is 1. The van der Waals surface area contributed by atoms with Gasteiger partial charge in [0.15, 0.2) is 11.7 Å². The highest BCUT2D eigenvalue weighted by Crippen LogP contribution is 2.24. The third-order valence-corrected chi connectivity index (χ3v) is 2.69. The summed E-state index contributed by atoms with van der Waals surface area (Å²) in [6.07, 6.45) is 3.17. The van der Waals surface area contributed by atoms with Gasteiger partial charge in [-0.25, -0.2) is 13.8 Å². The Kier molecular flexibility index (Phi) is 4.63. The Morgan fingerprint density at radius 1 is 1.26 bits per heavy atom. The van der Waals surface area contributed by atoms with Crippen LogP contribution in [0.4, 0.5) is 8.78 Å². The number of hydrogen-bond acceptors (Lipinski definition) is 3. The summed E-state index contributed by atoms with van der Waals surface area (Å²) < 4.78 is 31.8. The number of nitrogens with one attached hydrogen (secondary N) is 1. The molecule has 1 N–H and O–H groups in total. The molecule has 0 radical (unpaired) electrons. The van der Waals surface area contributed by atoms with Crippen LogP contribution in [0.25, 0.3) is 11.3 Å². The Bertz CT molecular complexity index is 540. The minimum Gasteiger partial charge on any atom is -0.441 e. The molecule has 0 bridgehead atoms. The molecule has 19 heavy (non-hydrogen) atoms. The molecule has 1 aromatic carbocycles. The van der Waals surface area contributed by atoms with Crippen molar-refractivity contribution in [2.24, 2.45) is 0 Å². The number of nitrogens with zero attached hydrogens (tertiary/aromatic N) is 1. The lowest BCUT2D eigenvalue weighted by atomic mass is 10.2. The second kappa shape index (κ2) is 6.43. The predicted octanol–water partition coefficient (Wildman–Crippen LogP) is 3.16. The van der Waals surface area contributed by atoms with E-state index >= 15 is 0 Å². The smallest absolute Gasteiger partial charge is 0.196 e. The van der Waals surface area contributed by atoms with E-state index in [1.165, 1.54) is 18.3 Å². The maximum absolute atomic E-state index is 13.6. The van der Waals surface area contributed by atoms with Gasteiger partial charge >= 0.3 is 0 Å². The molecule has 2 aromatic rings. The summed E-state index contributed by atoms with van der Waals surface area (Å²) in [5, 5.41) is 3.23. The second-order valence-corrected chi connectivity index (χ2v) is 4.24. The molecular formula is C14H16F2N2O. The molecule has 102 valence electrons. The van der Waals surface area contributed by atoms with Crippen molar-refractivity contribution in [1.29, 1.82) is 0 Å². The van der Waals surface area contributed by atoms with E-state index in [4.69, 9.17) is 4.42 Å². The zero-order valence-electron chi connectivity index (χ0n) is 10.7. The summed E-state index contributed by atoms with van der Waals surface area (Å²) >= 11 is 0. The first-order chi connectivity index (χ1) is 9.20. The normalized spacial score (nSPS) is 10.9. The minimum absolute atomic E-state index is 0.224. The average molecular weight is 266 g/mol. The van der Waals surface area contributed by atoms with Gasteiger partial charge in [0.2, 0.25) is 0 Å². The van der Waals surface area contributed by atoms with E-state index in [2.05, 4.69) is 17.2 Å².